The highest BCUT2D eigenvalue weighted by Crippen LogP contribution is 2.25. The molecule has 0 unspecified atom stereocenters. The van der Waals surface area contributed by atoms with E-state index in [1.54, 1.807) is 6.08 Å². The van der Waals surface area contributed by atoms with E-state index >= 15 is 0 Å². The van der Waals surface area contributed by atoms with Gasteiger partial charge in [0.15, 0.2) is 0 Å². The molecule has 1 aliphatic carbocycles. The summed E-state index contributed by atoms with van der Waals surface area (Å²) in [5.41, 5.74) is 0. The maximum atomic E-state index is 11.2. The molecule has 1 aliphatic rings. The Kier molecular flexibility index (Phi) is 3.96. The molecule has 0 saturated heterocycles. The zero-order valence-electron chi connectivity index (χ0n) is 8.18. The standard InChI is InChI=1S/C10H18N2O/c1-3-4-11-7-10(13)12-9-5-8(2)6-9/h3,8-9,11H,1,4-7H2,2H3,(H,12,13). The predicted octanol–water partition coefficient (Wildman–Crippen LogP) is 0.677. The number of carbonyl (C=O) groups excluding carboxylic acids is 1. The van der Waals surface area contributed by atoms with Gasteiger partial charge in [-0.2, -0.15) is 0 Å². The van der Waals surface area contributed by atoms with Crippen LogP contribution in [-0.4, -0.2) is 25.0 Å². The molecule has 0 spiro atoms. The highest BCUT2D eigenvalue weighted by molar-refractivity contribution is 5.78. The number of hydrogen-bond acceptors (Lipinski definition) is 2. The van der Waals surface area contributed by atoms with Gasteiger partial charge in [-0.1, -0.05) is 13.0 Å². The van der Waals surface area contributed by atoms with Crippen molar-refractivity contribution in [1.29, 1.82) is 0 Å². The largest absolute Gasteiger partial charge is 0.352 e. The van der Waals surface area contributed by atoms with Crippen molar-refractivity contribution in [2.24, 2.45) is 5.92 Å². The third-order valence-corrected chi connectivity index (χ3v) is 2.31. The molecule has 1 saturated carbocycles. The van der Waals surface area contributed by atoms with Gasteiger partial charge in [-0.3, -0.25) is 4.79 Å². The molecule has 0 atom stereocenters. The van der Waals surface area contributed by atoms with Gasteiger partial charge in [0.25, 0.3) is 0 Å². The molecule has 0 radical (unpaired) electrons. The van der Waals surface area contributed by atoms with E-state index in [9.17, 15) is 4.79 Å². The van der Waals surface area contributed by atoms with Crippen molar-refractivity contribution in [3.05, 3.63) is 12.7 Å². The summed E-state index contributed by atoms with van der Waals surface area (Å²) in [6, 6.07) is 0.424. The maximum Gasteiger partial charge on any atom is 0.234 e. The molecule has 1 fully saturated rings. The summed E-state index contributed by atoms with van der Waals surface area (Å²) in [5, 5.41) is 5.94. The van der Waals surface area contributed by atoms with E-state index in [-0.39, 0.29) is 5.91 Å². The minimum Gasteiger partial charge on any atom is -0.352 e. The number of hydrogen-bond donors (Lipinski definition) is 2. The molecule has 0 aromatic heterocycles. The summed E-state index contributed by atoms with van der Waals surface area (Å²) >= 11 is 0. The third kappa shape index (κ3) is 3.59. The van der Waals surface area contributed by atoms with Crippen LogP contribution in [0.3, 0.4) is 0 Å². The van der Waals surface area contributed by atoms with Crippen LogP contribution in [0.15, 0.2) is 12.7 Å². The van der Waals surface area contributed by atoms with E-state index in [1.165, 1.54) is 0 Å². The Labute approximate surface area is 79.6 Å². The van der Waals surface area contributed by atoms with Crippen molar-refractivity contribution in [2.45, 2.75) is 25.8 Å². The van der Waals surface area contributed by atoms with Crippen molar-refractivity contribution in [2.75, 3.05) is 13.1 Å². The molecule has 74 valence electrons. The average molecular weight is 182 g/mol. The summed E-state index contributed by atoms with van der Waals surface area (Å²) in [5.74, 6) is 0.880. The van der Waals surface area contributed by atoms with E-state index in [4.69, 9.17) is 0 Å². The number of carbonyl (C=O) groups is 1. The van der Waals surface area contributed by atoms with Gasteiger partial charge in [0.1, 0.15) is 0 Å². The van der Waals surface area contributed by atoms with E-state index in [0.717, 1.165) is 18.8 Å². The molecule has 1 rings (SSSR count). The van der Waals surface area contributed by atoms with Crippen LogP contribution in [0, 0.1) is 5.92 Å². The van der Waals surface area contributed by atoms with Crippen molar-refractivity contribution in [3.63, 3.8) is 0 Å². The minimum absolute atomic E-state index is 0.0961. The van der Waals surface area contributed by atoms with Gasteiger partial charge in [-0.05, 0) is 18.8 Å². The molecular weight excluding hydrogens is 164 g/mol. The molecule has 0 aliphatic heterocycles. The van der Waals surface area contributed by atoms with Crippen molar-refractivity contribution in [1.82, 2.24) is 10.6 Å². The average Bonchev–Trinajstić information content (AvgIpc) is 2.02. The van der Waals surface area contributed by atoms with Crippen LogP contribution in [-0.2, 0) is 4.79 Å². The summed E-state index contributed by atoms with van der Waals surface area (Å²) in [7, 11) is 0. The molecule has 3 heteroatoms. The fourth-order valence-corrected chi connectivity index (χ4v) is 1.59. The molecule has 1 amide bonds. The van der Waals surface area contributed by atoms with Crippen LogP contribution in [0.2, 0.25) is 0 Å². The second kappa shape index (κ2) is 5.02. The normalized spacial score (nSPS) is 26.2. The Morgan fingerprint density at radius 1 is 1.62 bits per heavy atom. The van der Waals surface area contributed by atoms with E-state index in [2.05, 4.69) is 24.1 Å². The van der Waals surface area contributed by atoms with Gasteiger partial charge in [-0.25, -0.2) is 0 Å². The fraction of sp³-hybridized carbons (Fsp3) is 0.700. The second-order valence-electron chi connectivity index (χ2n) is 3.76. The van der Waals surface area contributed by atoms with Crippen LogP contribution >= 0.6 is 0 Å². The first kappa shape index (κ1) is 10.3. The van der Waals surface area contributed by atoms with Crippen LogP contribution in [0.5, 0.6) is 0 Å². The lowest BCUT2D eigenvalue weighted by Gasteiger charge is -2.33. The summed E-state index contributed by atoms with van der Waals surface area (Å²) in [4.78, 5) is 11.2. The number of amides is 1. The molecule has 0 bridgehead atoms. The lowest BCUT2D eigenvalue weighted by atomic mass is 9.82. The second-order valence-corrected chi connectivity index (χ2v) is 3.76. The Morgan fingerprint density at radius 2 is 2.31 bits per heavy atom. The summed E-state index contributed by atoms with van der Waals surface area (Å²) in [6.45, 7) is 6.86. The van der Waals surface area contributed by atoms with Crippen LogP contribution in [0.1, 0.15) is 19.8 Å². The summed E-state index contributed by atoms with van der Waals surface area (Å²) in [6.07, 6.45) is 4.01. The highest BCUT2D eigenvalue weighted by atomic mass is 16.1. The fourth-order valence-electron chi connectivity index (χ4n) is 1.59. The quantitative estimate of drug-likeness (QED) is 0.485. The first-order valence-electron chi connectivity index (χ1n) is 4.83. The van der Waals surface area contributed by atoms with Gasteiger partial charge in [0, 0.05) is 12.6 Å². The van der Waals surface area contributed by atoms with Crippen molar-refractivity contribution >= 4 is 5.91 Å². The lowest BCUT2D eigenvalue weighted by molar-refractivity contribution is -0.121. The molecule has 0 heterocycles. The first-order chi connectivity index (χ1) is 6.22. The Balaban J connectivity index is 2.01. The number of nitrogens with one attached hydrogen (secondary N) is 2. The molecule has 0 aromatic rings. The Morgan fingerprint density at radius 3 is 2.85 bits per heavy atom. The highest BCUT2D eigenvalue weighted by Gasteiger charge is 2.26. The van der Waals surface area contributed by atoms with E-state index < -0.39 is 0 Å². The molecule has 0 aromatic carbocycles. The molecule has 13 heavy (non-hydrogen) atoms. The molecular formula is C10H18N2O. The van der Waals surface area contributed by atoms with Crippen molar-refractivity contribution < 1.29 is 4.79 Å². The maximum absolute atomic E-state index is 11.2. The van der Waals surface area contributed by atoms with Crippen LogP contribution in [0.4, 0.5) is 0 Å². The SMILES string of the molecule is C=CCNCC(=O)NC1CC(C)C1. The zero-order valence-corrected chi connectivity index (χ0v) is 8.18. The van der Waals surface area contributed by atoms with E-state index in [1.807, 2.05) is 0 Å². The van der Waals surface area contributed by atoms with Gasteiger partial charge >= 0.3 is 0 Å². The summed E-state index contributed by atoms with van der Waals surface area (Å²) < 4.78 is 0. The van der Waals surface area contributed by atoms with Crippen LogP contribution in [0.25, 0.3) is 0 Å². The van der Waals surface area contributed by atoms with Crippen LogP contribution < -0.4 is 10.6 Å². The Hall–Kier alpha value is -0.830. The monoisotopic (exact) mass is 182 g/mol. The zero-order chi connectivity index (χ0) is 9.68. The lowest BCUT2D eigenvalue weighted by Crippen LogP contribution is -2.46. The molecule has 3 nitrogen and oxygen atoms in total. The molecule has 2 N–H and O–H groups in total. The van der Waals surface area contributed by atoms with Gasteiger partial charge in [0.05, 0.1) is 6.54 Å². The topological polar surface area (TPSA) is 41.1 Å². The minimum atomic E-state index is 0.0961. The number of rotatable bonds is 5. The van der Waals surface area contributed by atoms with Crippen molar-refractivity contribution in [3.8, 4) is 0 Å². The third-order valence-electron chi connectivity index (χ3n) is 2.31. The van der Waals surface area contributed by atoms with Gasteiger partial charge in [-0.15, -0.1) is 6.58 Å². The smallest absolute Gasteiger partial charge is 0.234 e. The van der Waals surface area contributed by atoms with Gasteiger partial charge < -0.3 is 10.6 Å². The van der Waals surface area contributed by atoms with E-state index in [0.29, 0.717) is 19.1 Å². The first-order valence-corrected chi connectivity index (χ1v) is 4.83. The van der Waals surface area contributed by atoms with Gasteiger partial charge in [0.2, 0.25) is 5.91 Å². The predicted molar refractivity (Wildman–Crippen MR) is 53.4 cm³/mol. The Bertz CT molecular complexity index is 185.